The fourth-order valence-corrected chi connectivity index (χ4v) is 4.65. The fourth-order valence-electron chi connectivity index (χ4n) is 4.65. The number of carbonyl (C=O) groups is 2. The first-order chi connectivity index (χ1) is 17.9. The molecule has 219 valence electrons. The Morgan fingerprint density at radius 1 is 0.769 bits per heavy atom. The summed E-state index contributed by atoms with van der Waals surface area (Å²) in [6.45, 7) is 2.72. The van der Waals surface area contributed by atoms with Crippen LogP contribution < -0.4 is 5.73 Å². The van der Waals surface area contributed by atoms with Crippen molar-refractivity contribution in [2.45, 2.75) is 49.5 Å². The Morgan fingerprint density at radius 3 is 1.77 bits per heavy atom. The first kappa shape index (κ1) is 30.8. The van der Waals surface area contributed by atoms with Crippen molar-refractivity contribution in [3.63, 3.8) is 0 Å². The molecular weight excluding hydrogens is 554 g/mol. The van der Waals surface area contributed by atoms with Gasteiger partial charge in [-0.15, -0.1) is 0 Å². The van der Waals surface area contributed by atoms with Gasteiger partial charge in [-0.1, -0.05) is 12.1 Å². The molecule has 2 heterocycles. The van der Waals surface area contributed by atoms with Crippen LogP contribution in [0.25, 0.3) is 0 Å². The minimum Gasteiger partial charge on any atom is -0.351 e. The second-order valence-corrected chi connectivity index (χ2v) is 9.35. The van der Waals surface area contributed by atoms with Gasteiger partial charge in [-0.2, -0.15) is 43.9 Å². The van der Waals surface area contributed by atoms with E-state index in [1.807, 2.05) is 0 Å². The summed E-state index contributed by atoms with van der Waals surface area (Å²) in [6, 6.07) is -0.0427. The number of hydrogen-bond acceptors (Lipinski definition) is 3. The van der Waals surface area contributed by atoms with Crippen LogP contribution in [0.1, 0.15) is 29.5 Å². The highest BCUT2D eigenvalue weighted by Gasteiger charge is 2.65. The van der Waals surface area contributed by atoms with E-state index in [1.54, 1.807) is 0 Å². The molecule has 2 aliphatic heterocycles. The number of benzene rings is 1. The van der Waals surface area contributed by atoms with Gasteiger partial charge in [0, 0.05) is 56.4 Å². The molecule has 0 aromatic heterocycles. The molecule has 39 heavy (non-hydrogen) atoms. The SMILES string of the molecule is NC(=O)N1CCN(C2CCN(C(=O)[CH]Cc3ccc(C(F)(F)C(F)(F)F)c(C(F)(F)C(F)(F)F)c3)CC2)CC1. The maximum absolute atomic E-state index is 14.0. The van der Waals surface area contributed by atoms with Gasteiger partial charge in [0.2, 0.25) is 5.91 Å². The lowest BCUT2D eigenvalue weighted by molar-refractivity contribution is -0.301. The van der Waals surface area contributed by atoms with E-state index in [0.29, 0.717) is 58.2 Å². The minimum absolute atomic E-state index is 0.0792. The third-order valence-corrected chi connectivity index (χ3v) is 6.90. The molecule has 0 atom stereocenters. The highest BCUT2D eigenvalue weighted by Crippen LogP contribution is 2.52. The van der Waals surface area contributed by atoms with Crippen molar-refractivity contribution >= 4 is 11.9 Å². The number of carbonyl (C=O) groups excluding carboxylic acids is 2. The lowest BCUT2D eigenvalue weighted by Crippen LogP contribution is -2.55. The number of alkyl halides is 10. The third kappa shape index (κ3) is 6.52. The standard InChI is InChI=1S/C23H25F10N4O2/c24-20(25,22(28,29)30)16-3-1-14(13-17(16)21(26,27)23(31,32)33)2-4-18(38)36-7-5-15(6-8-36)35-9-11-37(12-10-35)19(34)39/h1,3-4,13,15H,2,5-12H2,(H2,34,39). The summed E-state index contributed by atoms with van der Waals surface area (Å²) >= 11 is 0. The number of primary amides is 1. The van der Waals surface area contributed by atoms with E-state index >= 15 is 0 Å². The average molecular weight is 579 g/mol. The predicted octanol–water partition coefficient (Wildman–Crippen LogP) is 4.43. The van der Waals surface area contributed by atoms with Gasteiger partial charge in [-0.3, -0.25) is 9.69 Å². The second kappa shape index (κ2) is 11.0. The molecule has 0 saturated carbocycles. The van der Waals surface area contributed by atoms with Crippen LogP contribution in [0.4, 0.5) is 48.7 Å². The molecule has 0 unspecified atom stereocenters. The topological polar surface area (TPSA) is 69.9 Å². The molecular formula is C23H25F10N4O2. The second-order valence-electron chi connectivity index (χ2n) is 9.35. The van der Waals surface area contributed by atoms with E-state index in [-0.39, 0.29) is 18.2 Å². The summed E-state index contributed by atoms with van der Waals surface area (Å²) in [7, 11) is 0. The molecule has 2 saturated heterocycles. The van der Waals surface area contributed by atoms with Gasteiger partial charge in [-0.05, 0) is 30.9 Å². The quantitative estimate of drug-likeness (QED) is 0.508. The van der Waals surface area contributed by atoms with E-state index in [1.165, 1.54) is 9.80 Å². The summed E-state index contributed by atoms with van der Waals surface area (Å²) < 4.78 is 133. The molecule has 2 N–H and O–H groups in total. The number of nitrogens with zero attached hydrogens (tertiary/aromatic N) is 3. The number of urea groups is 1. The zero-order valence-electron chi connectivity index (χ0n) is 20.3. The van der Waals surface area contributed by atoms with E-state index in [0.717, 1.165) is 6.42 Å². The smallest absolute Gasteiger partial charge is 0.351 e. The summed E-state index contributed by atoms with van der Waals surface area (Å²) in [5.41, 5.74) is -0.276. The Bertz CT molecular complexity index is 1040. The van der Waals surface area contributed by atoms with Gasteiger partial charge < -0.3 is 15.5 Å². The summed E-state index contributed by atoms with van der Waals surface area (Å²) in [5.74, 6) is -12.6. The number of nitrogens with two attached hydrogens (primary N) is 1. The van der Waals surface area contributed by atoms with Gasteiger partial charge in [0.05, 0.1) is 6.42 Å². The lowest BCUT2D eigenvalue weighted by atomic mass is 9.92. The predicted molar refractivity (Wildman–Crippen MR) is 117 cm³/mol. The van der Waals surface area contributed by atoms with Crippen LogP contribution in [0.15, 0.2) is 18.2 Å². The third-order valence-electron chi connectivity index (χ3n) is 6.90. The Hall–Kier alpha value is -2.78. The van der Waals surface area contributed by atoms with Gasteiger partial charge in [0.1, 0.15) is 0 Å². The van der Waals surface area contributed by atoms with Crippen LogP contribution in [0.3, 0.4) is 0 Å². The van der Waals surface area contributed by atoms with Crippen LogP contribution in [0, 0.1) is 6.42 Å². The van der Waals surface area contributed by atoms with Crippen LogP contribution in [-0.4, -0.2) is 84.3 Å². The highest BCUT2D eigenvalue weighted by atomic mass is 19.4. The number of rotatable bonds is 6. The van der Waals surface area contributed by atoms with E-state index in [9.17, 15) is 53.5 Å². The van der Waals surface area contributed by atoms with E-state index < -0.39 is 59.2 Å². The maximum Gasteiger partial charge on any atom is 0.458 e. The summed E-state index contributed by atoms with van der Waals surface area (Å²) in [4.78, 5) is 28.9. The fraction of sp³-hybridized carbons (Fsp3) is 0.609. The number of likely N-dealkylation sites (tertiary alicyclic amines) is 1. The van der Waals surface area contributed by atoms with Crippen LogP contribution >= 0.6 is 0 Å². The largest absolute Gasteiger partial charge is 0.458 e. The van der Waals surface area contributed by atoms with Crippen molar-refractivity contribution in [1.29, 1.82) is 0 Å². The highest BCUT2D eigenvalue weighted by molar-refractivity contribution is 5.85. The maximum atomic E-state index is 14.0. The molecule has 6 nitrogen and oxygen atoms in total. The molecule has 0 aliphatic carbocycles. The zero-order chi connectivity index (χ0) is 29.4. The van der Waals surface area contributed by atoms with Crippen LogP contribution in [0.2, 0.25) is 0 Å². The molecule has 16 heteroatoms. The Morgan fingerprint density at radius 2 is 1.28 bits per heavy atom. The average Bonchev–Trinajstić information content (AvgIpc) is 2.86. The van der Waals surface area contributed by atoms with Gasteiger partial charge >= 0.3 is 30.2 Å². The molecule has 2 aliphatic rings. The van der Waals surface area contributed by atoms with Gasteiger partial charge in [-0.25, -0.2) is 4.79 Å². The zero-order valence-corrected chi connectivity index (χ0v) is 20.3. The number of piperidine rings is 1. The molecule has 1 aromatic rings. The number of halogens is 10. The van der Waals surface area contributed by atoms with Crippen molar-refractivity contribution in [1.82, 2.24) is 14.7 Å². The monoisotopic (exact) mass is 579 g/mol. The van der Waals surface area contributed by atoms with Gasteiger partial charge in [0.15, 0.2) is 0 Å². The van der Waals surface area contributed by atoms with Crippen LogP contribution in [0.5, 0.6) is 0 Å². The van der Waals surface area contributed by atoms with Crippen molar-refractivity contribution in [3.05, 3.63) is 41.3 Å². The van der Waals surface area contributed by atoms with E-state index in [2.05, 4.69) is 4.90 Å². The van der Waals surface area contributed by atoms with E-state index in [4.69, 9.17) is 5.73 Å². The molecule has 3 rings (SSSR count). The molecule has 2 fully saturated rings. The normalized spacial score (nSPS) is 18.9. The van der Waals surface area contributed by atoms with Crippen molar-refractivity contribution in [3.8, 4) is 0 Å². The molecule has 1 aromatic carbocycles. The van der Waals surface area contributed by atoms with Crippen molar-refractivity contribution in [2.75, 3.05) is 39.3 Å². The minimum atomic E-state index is -6.45. The van der Waals surface area contributed by atoms with Gasteiger partial charge in [0.25, 0.3) is 0 Å². The first-order valence-electron chi connectivity index (χ1n) is 11.8. The lowest BCUT2D eigenvalue weighted by Gasteiger charge is -2.42. The van der Waals surface area contributed by atoms with Crippen molar-refractivity contribution < 1.29 is 53.5 Å². The Labute approximate surface area is 216 Å². The Balaban J connectivity index is 1.66. The summed E-state index contributed by atoms with van der Waals surface area (Å²) in [6.07, 6.45) is -11.4. The molecule has 3 amide bonds. The molecule has 0 spiro atoms. The van der Waals surface area contributed by atoms with Crippen molar-refractivity contribution in [2.24, 2.45) is 5.73 Å². The van der Waals surface area contributed by atoms with Crippen LogP contribution in [-0.2, 0) is 23.1 Å². The molecule has 0 bridgehead atoms. The Kier molecular flexibility index (Phi) is 8.68. The number of amides is 3. The number of hydrogen-bond donors (Lipinski definition) is 1. The first-order valence-corrected chi connectivity index (χ1v) is 11.8. The summed E-state index contributed by atoms with van der Waals surface area (Å²) in [5, 5.41) is 0. The number of piperazine rings is 1. The molecule has 1 radical (unpaired) electrons.